The van der Waals surface area contributed by atoms with Crippen molar-refractivity contribution >= 4 is 11.0 Å². The molecule has 2 N–H and O–H groups in total. The standard InChI is InChI=1S/C13H17N3/c1-2-3-4-7-14-9-11-10-16-13-12(11)6-5-8-15-13/h2-3,5-6,8,10,14H,4,7,9H2,1H3,(H,15,16)/b3-2+. The molecule has 0 spiro atoms. The molecule has 84 valence electrons. The minimum Gasteiger partial charge on any atom is -0.346 e. The van der Waals surface area contributed by atoms with E-state index in [1.807, 2.05) is 25.4 Å². The Bertz CT molecular complexity index is 471. The van der Waals surface area contributed by atoms with E-state index in [0.717, 1.165) is 25.2 Å². The molecule has 2 heterocycles. The van der Waals surface area contributed by atoms with Crippen LogP contribution in [0.4, 0.5) is 0 Å². The zero-order valence-corrected chi connectivity index (χ0v) is 9.53. The predicted molar refractivity (Wildman–Crippen MR) is 67.2 cm³/mol. The summed E-state index contributed by atoms with van der Waals surface area (Å²) in [6, 6.07) is 4.07. The fraction of sp³-hybridized carbons (Fsp3) is 0.308. The first-order valence-corrected chi connectivity index (χ1v) is 5.64. The summed E-state index contributed by atoms with van der Waals surface area (Å²) >= 11 is 0. The minimum atomic E-state index is 0.892. The molecule has 0 atom stereocenters. The van der Waals surface area contributed by atoms with Gasteiger partial charge in [-0.25, -0.2) is 4.98 Å². The van der Waals surface area contributed by atoms with Gasteiger partial charge in [-0.2, -0.15) is 0 Å². The average Bonchev–Trinajstić information content (AvgIpc) is 2.73. The maximum absolute atomic E-state index is 4.27. The molecule has 0 aromatic carbocycles. The van der Waals surface area contributed by atoms with E-state index >= 15 is 0 Å². The van der Waals surface area contributed by atoms with Crippen LogP contribution in [0.25, 0.3) is 11.0 Å². The van der Waals surface area contributed by atoms with Gasteiger partial charge in [-0.15, -0.1) is 0 Å². The molecule has 16 heavy (non-hydrogen) atoms. The van der Waals surface area contributed by atoms with Gasteiger partial charge in [0.25, 0.3) is 0 Å². The second-order valence-corrected chi connectivity index (χ2v) is 3.75. The molecule has 0 saturated heterocycles. The fourth-order valence-electron chi connectivity index (χ4n) is 1.73. The van der Waals surface area contributed by atoms with Crippen LogP contribution in [0.15, 0.2) is 36.7 Å². The van der Waals surface area contributed by atoms with E-state index in [-0.39, 0.29) is 0 Å². The second-order valence-electron chi connectivity index (χ2n) is 3.75. The van der Waals surface area contributed by atoms with Gasteiger partial charge in [0.1, 0.15) is 5.65 Å². The Morgan fingerprint density at radius 1 is 1.50 bits per heavy atom. The lowest BCUT2D eigenvalue weighted by Gasteiger charge is -2.01. The number of aromatic amines is 1. The number of allylic oxidation sites excluding steroid dienone is 1. The zero-order valence-electron chi connectivity index (χ0n) is 9.53. The first kappa shape index (κ1) is 10.9. The van der Waals surface area contributed by atoms with Crippen molar-refractivity contribution in [1.82, 2.24) is 15.3 Å². The van der Waals surface area contributed by atoms with E-state index in [1.165, 1.54) is 10.9 Å². The van der Waals surface area contributed by atoms with E-state index in [1.54, 1.807) is 0 Å². The number of hydrogen-bond donors (Lipinski definition) is 2. The van der Waals surface area contributed by atoms with Gasteiger partial charge >= 0.3 is 0 Å². The van der Waals surface area contributed by atoms with Gasteiger partial charge in [-0.1, -0.05) is 12.2 Å². The maximum Gasteiger partial charge on any atom is 0.137 e. The first-order chi connectivity index (χ1) is 7.92. The van der Waals surface area contributed by atoms with Crippen molar-refractivity contribution in [2.45, 2.75) is 19.9 Å². The molecular weight excluding hydrogens is 198 g/mol. The van der Waals surface area contributed by atoms with Crippen LogP contribution in [-0.2, 0) is 6.54 Å². The van der Waals surface area contributed by atoms with E-state index in [0.29, 0.717) is 0 Å². The van der Waals surface area contributed by atoms with Crippen LogP contribution < -0.4 is 5.32 Å². The van der Waals surface area contributed by atoms with Crippen molar-refractivity contribution in [3.05, 3.63) is 42.2 Å². The molecule has 2 aromatic rings. The topological polar surface area (TPSA) is 40.7 Å². The van der Waals surface area contributed by atoms with Gasteiger partial charge in [0, 0.05) is 24.3 Å². The molecule has 0 saturated carbocycles. The lowest BCUT2D eigenvalue weighted by molar-refractivity contribution is 0.698. The zero-order chi connectivity index (χ0) is 11.2. The lowest BCUT2D eigenvalue weighted by Crippen LogP contribution is -2.13. The van der Waals surface area contributed by atoms with Gasteiger partial charge < -0.3 is 10.3 Å². The summed E-state index contributed by atoms with van der Waals surface area (Å²) in [5.41, 5.74) is 2.25. The molecule has 0 aliphatic heterocycles. The highest BCUT2D eigenvalue weighted by atomic mass is 14.9. The molecule has 0 bridgehead atoms. The molecule has 0 aliphatic carbocycles. The molecule has 0 aliphatic rings. The molecule has 0 unspecified atom stereocenters. The highest BCUT2D eigenvalue weighted by Crippen LogP contribution is 2.14. The van der Waals surface area contributed by atoms with Crippen molar-refractivity contribution in [2.24, 2.45) is 0 Å². The molecule has 0 radical (unpaired) electrons. The summed E-state index contributed by atoms with van der Waals surface area (Å²) in [4.78, 5) is 7.44. The lowest BCUT2D eigenvalue weighted by atomic mass is 10.2. The summed E-state index contributed by atoms with van der Waals surface area (Å²) in [6.07, 6.45) is 9.17. The second kappa shape index (κ2) is 5.47. The number of fused-ring (bicyclic) bond motifs is 1. The Kier molecular flexibility index (Phi) is 3.72. The molecule has 0 fully saturated rings. The average molecular weight is 215 g/mol. The van der Waals surface area contributed by atoms with Crippen molar-refractivity contribution in [3.63, 3.8) is 0 Å². The van der Waals surface area contributed by atoms with E-state index in [4.69, 9.17) is 0 Å². The van der Waals surface area contributed by atoms with Gasteiger partial charge in [0.05, 0.1) is 0 Å². The number of H-pyrrole nitrogens is 1. The number of aromatic nitrogens is 2. The highest BCUT2D eigenvalue weighted by Gasteiger charge is 2.02. The van der Waals surface area contributed by atoms with Crippen molar-refractivity contribution in [1.29, 1.82) is 0 Å². The number of nitrogens with zero attached hydrogens (tertiary/aromatic N) is 1. The summed E-state index contributed by atoms with van der Waals surface area (Å²) in [6.45, 7) is 3.95. The van der Waals surface area contributed by atoms with E-state index in [2.05, 4.69) is 33.5 Å². The first-order valence-electron chi connectivity index (χ1n) is 5.64. The van der Waals surface area contributed by atoms with Gasteiger partial charge in [0.2, 0.25) is 0 Å². The maximum atomic E-state index is 4.27. The summed E-state index contributed by atoms with van der Waals surface area (Å²) in [5.74, 6) is 0. The Balaban J connectivity index is 1.94. The Morgan fingerprint density at radius 3 is 3.31 bits per heavy atom. The molecular formula is C13H17N3. The molecule has 3 heteroatoms. The smallest absolute Gasteiger partial charge is 0.137 e. The molecule has 2 rings (SSSR count). The number of nitrogens with one attached hydrogen (secondary N) is 2. The van der Waals surface area contributed by atoms with Crippen LogP contribution in [0.5, 0.6) is 0 Å². The van der Waals surface area contributed by atoms with Crippen LogP contribution in [0.2, 0.25) is 0 Å². The van der Waals surface area contributed by atoms with E-state index < -0.39 is 0 Å². The van der Waals surface area contributed by atoms with E-state index in [9.17, 15) is 0 Å². The monoisotopic (exact) mass is 215 g/mol. The molecule has 3 nitrogen and oxygen atoms in total. The van der Waals surface area contributed by atoms with Gasteiger partial charge in [0.15, 0.2) is 0 Å². The van der Waals surface area contributed by atoms with Crippen molar-refractivity contribution < 1.29 is 0 Å². The fourth-order valence-corrected chi connectivity index (χ4v) is 1.73. The van der Waals surface area contributed by atoms with Gasteiger partial charge in [-0.3, -0.25) is 0 Å². The minimum absolute atomic E-state index is 0.892. The SMILES string of the molecule is C/C=C/CCNCc1c[nH]c2ncccc12. The van der Waals surface area contributed by atoms with Crippen LogP contribution in [0.1, 0.15) is 18.9 Å². The third-order valence-corrected chi connectivity index (χ3v) is 2.58. The van der Waals surface area contributed by atoms with Crippen LogP contribution in [0.3, 0.4) is 0 Å². The van der Waals surface area contributed by atoms with Crippen LogP contribution in [0, 0.1) is 0 Å². The van der Waals surface area contributed by atoms with Crippen LogP contribution in [-0.4, -0.2) is 16.5 Å². The summed E-state index contributed by atoms with van der Waals surface area (Å²) in [5, 5.41) is 4.63. The third-order valence-electron chi connectivity index (χ3n) is 2.58. The number of pyridine rings is 1. The quantitative estimate of drug-likeness (QED) is 0.594. The number of rotatable bonds is 5. The largest absolute Gasteiger partial charge is 0.346 e. The predicted octanol–water partition coefficient (Wildman–Crippen LogP) is 2.62. The number of hydrogen-bond acceptors (Lipinski definition) is 2. The Morgan fingerprint density at radius 2 is 2.44 bits per heavy atom. The highest BCUT2D eigenvalue weighted by molar-refractivity contribution is 5.79. The summed E-state index contributed by atoms with van der Waals surface area (Å²) < 4.78 is 0. The van der Waals surface area contributed by atoms with Gasteiger partial charge in [-0.05, 0) is 37.6 Å². The molecule has 0 amide bonds. The van der Waals surface area contributed by atoms with Crippen molar-refractivity contribution in [2.75, 3.05) is 6.54 Å². The van der Waals surface area contributed by atoms with Crippen LogP contribution >= 0.6 is 0 Å². The normalized spacial score (nSPS) is 11.6. The molecule has 2 aromatic heterocycles. The Hall–Kier alpha value is -1.61. The van der Waals surface area contributed by atoms with Crippen molar-refractivity contribution in [3.8, 4) is 0 Å². The Labute approximate surface area is 95.6 Å². The summed E-state index contributed by atoms with van der Waals surface area (Å²) in [7, 11) is 0. The third kappa shape index (κ3) is 2.49.